The molecule has 1 atom stereocenters. The van der Waals surface area contributed by atoms with Gasteiger partial charge in [-0.3, -0.25) is 0 Å². The van der Waals surface area contributed by atoms with Gasteiger partial charge in [-0.15, -0.1) is 0 Å². The molecule has 2 aromatic rings. The Kier molecular flexibility index (Phi) is 2.23. The number of benzene rings is 2. The molecule has 0 aliphatic heterocycles. The van der Waals surface area contributed by atoms with Crippen molar-refractivity contribution in [1.82, 2.24) is 0 Å². The smallest absolute Gasteiger partial charge is 0.0284 e. The van der Waals surface area contributed by atoms with Crippen LogP contribution in [-0.2, 0) is 6.42 Å². The molecule has 0 radical (unpaired) electrons. The summed E-state index contributed by atoms with van der Waals surface area (Å²) in [6.07, 6.45) is 5.79. The summed E-state index contributed by atoms with van der Waals surface area (Å²) in [4.78, 5) is 0. The molecule has 4 rings (SSSR count). The van der Waals surface area contributed by atoms with Gasteiger partial charge in [-0.2, -0.15) is 0 Å². The van der Waals surface area contributed by atoms with E-state index in [0.29, 0.717) is 11.8 Å². The number of rotatable bonds is 1. The molecule has 0 aromatic heterocycles. The standard InChI is InChI=1S/C19H18/c1-12(2)14-9-10-15-16-7-3-5-13-6-4-8-17(19(13)16)18(15)11-14/h3-4,6-12,16H,5H2,1-2H3. The molecule has 0 N–H and O–H groups in total. The van der Waals surface area contributed by atoms with Gasteiger partial charge in [-0.1, -0.05) is 62.4 Å². The van der Waals surface area contributed by atoms with Gasteiger partial charge >= 0.3 is 0 Å². The van der Waals surface area contributed by atoms with Crippen LogP contribution in [0.5, 0.6) is 0 Å². The molecule has 0 nitrogen and oxygen atoms in total. The average molecular weight is 246 g/mol. The van der Waals surface area contributed by atoms with E-state index in [1.807, 2.05) is 0 Å². The van der Waals surface area contributed by atoms with Crippen LogP contribution in [0.15, 0.2) is 48.6 Å². The van der Waals surface area contributed by atoms with Crippen molar-refractivity contribution in [2.45, 2.75) is 32.1 Å². The zero-order valence-corrected chi connectivity index (χ0v) is 11.5. The summed E-state index contributed by atoms with van der Waals surface area (Å²) in [6, 6.07) is 13.8. The maximum absolute atomic E-state index is 2.40. The lowest BCUT2D eigenvalue weighted by molar-refractivity contribution is 0.865. The minimum Gasteiger partial charge on any atom is -0.0832 e. The molecule has 0 heterocycles. The lowest BCUT2D eigenvalue weighted by Gasteiger charge is -2.17. The van der Waals surface area contributed by atoms with Crippen molar-refractivity contribution in [2.75, 3.05) is 0 Å². The summed E-state index contributed by atoms with van der Waals surface area (Å²) < 4.78 is 0. The van der Waals surface area contributed by atoms with E-state index in [4.69, 9.17) is 0 Å². The van der Waals surface area contributed by atoms with Gasteiger partial charge in [-0.25, -0.2) is 0 Å². The third-order valence-corrected chi connectivity index (χ3v) is 4.54. The predicted molar refractivity (Wildman–Crippen MR) is 80.7 cm³/mol. The average Bonchev–Trinajstić information content (AvgIpc) is 2.76. The van der Waals surface area contributed by atoms with E-state index in [1.54, 1.807) is 5.56 Å². The van der Waals surface area contributed by atoms with Crippen molar-refractivity contribution in [3.8, 4) is 11.1 Å². The van der Waals surface area contributed by atoms with E-state index in [-0.39, 0.29) is 0 Å². The van der Waals surface area contributed by atoms with Crippen LogP contribution in [0.25, 0.3) is 11.1 Å². The minimum absolute atomic E-state index is 0.496. The van der Waals surface area contributed by atoms with Gasteiger partial charge in [0.15, 0.2) is 0 Å². The first-order valence-electron chi connectivity index (χ1n) is 7.18. The van der Waals surface area contributed by atoms with Gasteiger partial charge in [0.1, 0.15) is 0 Å². The largest absolute Gasteiger partial charge is 0.0832 e. The quantitative estimate of drug-likeness (QED) is 0.619. The molecule has 94 valence electrons. The SMILES string of the molecule is CC(C)c1ccc2c(c1)-c1cccc3c1C2C=CC3. The number of fused-ring (bicyclic) bond motifs is 3. The van der Waals surface area contributed by atoms with Crippen LogP contribution in [0.1, 0.15) is 47.9 Å². The summed E-state index contributed by atoms with van der Waals surface area (Å²) in [5.41, 5.74) is 8.92. The van der Waals surface area contributed by atoms with Crippen molar-refractivity contribution in [1.29, 1.82) is 0 Å². The highest BCUT2D eigenvalue weighted by atomic mass is 14.3. The lowest BCUT2D eigenvalue weighted by atomic mass is 9.87. The van der Waals surface area contributed by atoms with Crippen LogP contribution in [-0.4, -0.2) is 0 Å². The highest BCUT2D eigenvalue weighted by molar-refractivity contribution is 5.82. The van der Waals surface area contributed by atoms with Crippen molar-refractivity contribution in [2.24, 2.45) is 0 Å². The third-order valence-electron chi connectivity index (χ3n) is 4.54. The molecular weight excluding hydrogens is 228 g/mol. The Morgan fingerprint density at radius 1 is 1.05 bits per heavy atom. The number of hydrogen-bond donors (Lipinski definition) is 0. The van der Waals surface area contributed by atoms with Gasteiger partial charge in [0.25, 0.3) is 0 Å². The molecular formula is C19H18. The van der Waals surface area contributed by atoms with Crippen LogP contribution in [0.2, 0.25) is 0 Å². The maximum atomic E-state index is 2.40. The van der Waals surface area contributed by atoms with E-state index < -0.39 is 0 Å². The highest BCUT2D eigenvalue weighted by Gasteiger charge is 2.30. The van der Waals surface area contributed by atoms with E-state index in [0.717, 1.165) is 6.42 Å². The fourth-order valence-electron chi connectivity index (χ4n) is 3.52. The summed E-state index contributed by atoms with van der Waals surface area (Å²) in [6.45, 7) is 4.53. The predicted octanol–water partition coefficient (Wildman–Crippen LogP) is 5.03. The highest BCUT2D eigenvalue weighted by Crippen LogP contribution is 2.49. The summed E-state index contributed by atoms with van der Waals surface area (Å²) in [5.74, 6) is 1.09. The Hall–Kier alpha value is -1.82. The van der Waals surface area contributed by atoms with Gasteiger partial charge in [0.05, 0.1) is 0 Å². The molecule has 19 heavy (non-hydrogen) atoms. The fraction of sp³-hybridized carbons (Fsp3) is 0.263. The molecule has 2 aliphatic rings. The van der Waals surface area contributed by atoms with Crippen molar-refractivity contribution in [3.05, 3.63) is 70.8 Å². The Morgan fingerprint density at radius 2 is 1.95 bits per heavy atom. The summed E-state index contributed by atoms with van der Waals surface area (Å²) in [7, 11) is 0. The first-order valence-corrected chi connectivity index (χ1v) is 7.18. The van der Waals surface area contributed by atoms with E-state index in [1.165, 1.54) is 27.8 Å². The lowest BCUT2D eigenvalue weighted by Crippen LogP contribution is -2.02. The van der Waals surface area contributed by atoms with Crippen LogP contribution >= 0.6 is 0 Å². The van der Waals surface area contributed by atoms with Gasteiger partial charge < -0.3 is 0 Å². The van der Waals surface area contributed by atoms with Gasteiger partial charge in [0.2, 0.25) is 0 Å². The second-order valence-corrected chi connectivity index (χ2v) is 5.99. The second-order valence-electron chi connectivity index (χ2n) is 5.99. The summed E-state index contributed by atoms with van der Waals surface area (Å²) >= 11 is 0. The molecule has 0 bridgehead atoms. The molecule has 0 spiro atoms. The zero-order valence-electron chi connectivity index (χ0n) is 11.5. The monoisotopic (exact) mass is 246 g/mol. The van der Waals surface area contributed by atoms with Gasteiger partial charge in [0, 0.05) is 5.92 Å². The normalized spacial score (nSPS) is 18.6. The topological polar surface area (TPSA) is 0 Å². The number of allylic oxidation sites excluding steroid dienone is 2. The van der Waals surface area contributed by atoms with E-state index >= 15 is 0 Å². The molecule has 0 saturated carbocycles. The summed E-state index contributed by atoms with van der Waals surface area (Å²) in [5, 5.41) is 0. The van der Waals surface area contributed by atoms with E-state index in [2.05, 4.69) is 62.4 Å². The molecule has 0 fully saturated rings. The van der Waals surface area contributed by atoms with Crippen LogP contribution in [0.3, 0.4) is 0 Å². The molecule has 2 aromatic carbocycles. The van der Waals surface area contributed by atoms with Crippen LogP contribution in [0, 0.1) is 0 Å². The maximum Gasteiger partial charge on any atom is 0.0284 e. The molecule has 2 aliphatic carbocycles. The molecule has 1 unspecified atom stereocenters. The fourth-order valence-corrected chi connectivity index (χ4v) is 3.52. The van der Waals surface area contributed by atoms with Crippen molar-refractivity contribution < 1.29 is 0 Å². The Bertz CT molecular complexity index is 689. The Labute approximate surface area is 114 Å². The molecule has 0 saturated heterocycles. The molecule has 0 amide bonds. The molecule has 0 heteroatoms. The first-order chi connectivity index (χ1) is 9.25. The van der Waals surface area contributed by atoms with Crippen LogP contribution < -0.4 is 0 Å². The zero-order chi connectivity index (χ0) is 13.0. The second kappa shape index (κ2) is 3.84. The van der Waals surface area contributed by atoms with Crippen LogP contribution in [0.4, 0.5) is 0 Å². The van der Waals surface area contributed by atoms with Gasteiger partial charge in [-0.05, 0) is 45.7 Å². The minimum atomic E-state index is 0.496. The van der Waals surface area contributed by atoms with Crippen molar-refractivity contribution in [3.63, 3.8) is 0 Å². The first kappa shape index (κ1) is 11.0. The number of hydrogen-bond acceptors (Lipinski definition) is 0. The van der Waals surface area contributed by atoms with Crippen molar-refractivity contribution >= 4 is 0 Å². The Morgan fingerprint density at radius 3 is 2.79 bits per heavy atom. The third kappa shape index (κ3) is 1.46. The van der Waals surface area contributed by atoms with E-state index in [9.17, 15) is 0 Å². The Balaban J connectivity index is 2.01.